The molecule has 1 aromatic carbocycles. The molecule has 2 N–H and O–H groups in total. The van der Waals surface area contributed by atoms with E-state index in [0.29, 0.717) is 18.2 Å². The molecule has 8 heteroatoms. The van der Waals surface area contributed by atoms with E-state index in [2.05, 4.69) is 30.2 Å². The highest BCUT2D eigenvalue weighted by atomic mass is 16.5. The lowest BCUT2D eigenvalue weighted by Gasteiger charge is -2.26. The number of piperidine rings is 1. The number of aromatic amines is 1. The summed E-state index contributed by atoms with van der Waals surface area (Å²) in [5.41, 5.74) is 2.64. The first-order valence-electron chi connectivity index (χ1n) is 10.3. The molecular formula is C22H26N6O2. The Hall–Kier alpha value is -3.42. The molecule has 1 fully saturated rings. The molecule has 2 aromatic heterocycles. The Morgan fingerprint density at radius 3 is 2.60 bits per heavy atom. The molecule has 4 rings (SSSR count). The van der Waals surface area contributed by atoms with Gasteiger partial charge < -0.3 is 15.0 Å². The smallest absolute Gasteiger partial charge is 0.252 e. The van der Waals surface area contributed by atoms with Crippen molar-refractivity contribution in [3.63, 3.8) is 0 Å². The maximum atomic E-state index is 12.2. The van der Waals surface area contributed by atoms with Gasteiger partial charge in [-0.25, -0.2) is 15.0 Å². The molecule has 1 aliphatic heterocycles. The fourth-order valence-electron chi connectivity index (χ4n) is 3.55. The monoisotopic (exact) mass is 406 g/mol. The zero-order valence-corrected chi connectivity index (χ0v) is 17.3. The Morgan fingerprint density at radius 2 is 1.90 bits per heavy atom. The fraction of sp³-hybridized carbons (Fsp3) is 0.364. The minimum absolute atomic E-state index is 0.243. The fourth-order valence-corrected chi connectivity index (χ4v) is 3.55. The second-order valence-electron chi connectivity index (χ2n) is 7.28. The van der Waals surface area contributed by atoms with Crippen LogP contribution in [0.4, 0.5) is 17.6 Å². The van der Waals surface area contributed by atoms with Gasteiger partial charge in [-0.05, 0) is 57.4 Å². The third-order valence-electron chi connectivity index (χ3n) is 5.05. The number of H-pyrrole nitrogens is 1. The molecule has 0 radical (unpaired) electrons. The van der Waals surface area contributed by atoms with Crippen molar-refractivity contribution >= 4 is 17.6 Å². The molecule has 0 bridgehead atoms. The van der Waals surface area contributed by atoms with Crippen LogP contribution in [-0.2, 0) is 0 Å². The van der Waals surface area contributed by atoms with E-state index < -0.39 is 0 Å². The standard InChI is InChI=1S/C22H26N6O2/c1-3-30-17-9-7-16(8-10-17)25-21-26-19(13-20(29)27-21)18-14-23-22(24-15(18)2)28-11-5-4-6-12-28/h7-10,13-14H,3-6,11-12H2,1-2H3,(H2,25,26,27,29). The number of aryl methyl sites for hydroxylation is 1. The van der Waals surface area contributed by atoms with Gasteiger partial charge in [-0.2, -0.15) is 0 Å². The van der Waals surface area contributed by atoms with E-state index in [1.54, 1.807) is 6.20 Å². The first kappa shape index (κ1) is 19.9. The van der Waals surface area contributed by atoms with E-state index in [0.717, 1.165) is 41.7 Å². The quantitative estimate of drug-likeness (QED) is 0.645. The Morgan fingerprint density at radius 1 is 1.13 bits per heavy atom. The van der Waals surface area contributed by atoms with Crippen LogP contribution < -0.4 is 20.5 Å². The van der Waals surface area contributed by atoms with Crippen LogP contribution in [0.1, 0.15) is 31.9 Å². The SMILES string of the molecule is CCOc1ccc(Nc2nc(-c3cnc(N4CCCCC4)nc3C)cc(=O)[nH]2)cc1. The van der Waals surface area contributed by atoms with Crippen LogP contribution in [0.25, 0.3) is 11.3 Å². The van der Waals surface area contributed by atoms with Gasteiger partial charge in [0.25, 0.3) is 5.56 Å². The highest BCUT2D eigenvalue weighted by molar-refractivity contribution is 5.64. The number of benzene rings is 1. The minimum Gasteiger partial charge on any atom is -0.494 e. The Kier molecular flexibility index (Phi) is 5.92. The number of nitrogens with one attached hydrogen (secondary N) is 2. The van der Waals surface area contributed by atoms with Crippen LogP contribution in [0, 0.1) is 6.92 Å². The van der Waals surface area contributed by atoms with Crippen LogP contribution >= 0.6 is 0 Å². The molecule has 156 valence electrons. The summed E-state index contributed by atoms with van der Waals surface area (Å²) < 4.78 is 5.46. The zero-order chi connectivity index (χ0) is 20.9. The van der Waals surface area contributed by atoms with Gasteiger partial charge in [0.15, 0.2) is 0 Å². The van der Waals surface area contributed by atoms with Crippen LogP contribution in [-0.4, -0.2) is 39.6 Å². The third kappa shape index (κ3) is 4.59. The van der Waals surface area contributed by atoms with E-state index in [-0.39, 0.29) is 5.56 Å². The minimum atomic E-state index is -0.243. The molecule has 0 atom stereocenters. The molecule has 30 heavy (non-hydrogen) atoms. The number of ether oxygens (including phenoxy) is 1. The highest BCUT2D eigenvalue weighted by Gasteiger charge is 2.16. The summed E-state index contributed by atoms with van der Waals surface area (Å²) in [5, 5.41) is 3.14. The molecule has 3 aromatic rings. The van der Waals surface area contributed by atoms with Crippen LogP contribution in [0.2, 0.25) is 0 Å². The van der Waals surface area contributed by atoms with E-state index >= 15 is 0 Å². The first-order valence-corrected chi connectivity index (χ1v) is 10.3. The number of hydrogen-bond donors (Lipinski definition) is 2. The first-order chi connectivity index (χ1) is 14.6. The van der Waals surface area contributed by atoms with Crippen molar-refractivity contribution in [3.05, 3.63) is 52.6 Å². The summed E-state index contributed by atoms with van der Waals surface area (Å²) in [6.07, 6.45) is 5.35. The van der Waals surface area contributed by atoms with Crippen molar-refractivity contribution < 1.29 is 4.74 Å². The van der Waals surface area contributed by atoms with E-state index in [1.165, 1.54) is 25.3 Å². The molecule has 8 nitrogen and oxygen atoms in total. The molecule has 0 saturated carbocycles. The molecular weight excluding hydrogens is 380 g/mol. The molecule has 0 unspecified atom stereocenters. The maximum absolute atomic E-state index is 12.2. The summed E-state index contributed by atoms with van der Waals surface area (Å²) in [7, 11) is 0. The van der Waals surface area contributed by atoms with Gasteiger partial charge in [0.2, 0.25) is 11.9 Å². The normalized spacial score (nSPS) is 13.9. The van der Waals surface area contributed by atoms with Crippen molar-refractivity contribution in [2.75, 3.05) is 29.9 Å². The largest absolute Gasteiger partial charge is 0.494 e. The third-order valence-corrected chi connectivity index (χ3v) is 5.05. The number of aromatic nitrogens is 4. The molecule has 0 spiro atoms. The molecule has 1 aliphatic rings. The van der Waals surface area contributed by atoms with Crippen molar-refractivity contribution in [2.45, 2.75) is 33.1 Å². The second-order valence-corrected chi connectivity index (χ2v) is 7.28. The van der Waals surface area contributed by atoms with Gasteiger partial charge >= 0.3 is 0 Å². The van der Waals surface area contributed by atoms with Crippen molar-refractivity contribution in [2.24, 2.45) is 0 Å². The van der Waals surface area contributed by atoms with E-state index in [4.69, 9.17) is 4.74 Å². The van der Waals surface area contributed by atoms with Crippen molar-refractivity contribution in [1.29, 1.82) is 0 Å². The molecule has 1 saturated heterocycles. The van der Waals surface area contributed by atoms with E-state index in [1.807, 2.05) is 38.1 Å². The Labute approximate surface area is 175 Å². The van der Waals surface area contributed by atoms with Gasteiger partial charge in [0.1, 0.15) is 5.75 Å². The van der Waals surface area contributed by atoms with Crippen LogP contribution in [0.5, 0.6) is 5.75 Å². The number of anilines is 3. The summed E-state index contributed by atoms with van der Waals surface area (Å²) in [4.78, 5) is 31.0. The Bertz CT molecular complexity index is 1060. The summed E-state index contributed by atoms with van der Waals surface area (Å²) in [6, 6.07) is 8.95. The predicted octanol–water partition coefficient (Wildman–Crippen LogP) is 3.67. The van der Waals surface area contributed by atoms with Gasteiger partial charge in [-0.1, -0.05) is 0 Å². The number of nitrogens with zero attached hydrogens (tertiary/aromatic N) is 4. The van der Waals surface area contributed by atoms with Crippen LogP contribution in [0.3, 0.4) is 0 Å². The van der Waals surface area contributed by atoms with Gasteiger partial charge in [0, 0.05) is 36.6 Å². The van der Waals surface area contributed by atoms with Gasteiger partial charge in [-0.15, -0.1) is 0 Å². The Balaban J connectivity index is 1.57. The second kappa shape index (κ2) is 8.94. The zero-order valence-electron chi connectivity index (χ0n) is 17.3. The molecule has 0 aliphatic carbocycles. The lowest BCUT2D eigenvalue weighted by molar-refractivity contribution is 0.340. The highest BCUT2D eigenvalue weighted by Crippen LogP contribution is 2.24. The lowest BCUT2D eigenvalue weighted by Crippen LogP contribution is -2.31. The topological polar surface area (TPSA) is 96.0 Å². The summed E-state index contributed by atoms with van der Waals surface area (Å²) in [6.45, 7) is 6.45. The van der Waals surface area contributed by atoms with Crippen LogP contribution in [0.15, 0.2) is 41.3 Å². The molecule has 3 heterocycles. The summed E-state index contributed by atoms with van der Waals surface area (Å²) in [5.74, 6) is 1.90. The van der Waals surface area contributed by atoms with Crippen molar-refractivity contribution in [1.82, 2.24) is 19.9 Å². The van der Waals surface area contributed by atoms with E-state index in [9.17, 15) is 4.79 Å². The van der Waals surface area contributed by atoms with Gasteiger partial charge in [0.05, 0.1) is 18.0 Å². The maximum Gasteiger partial charge on any atom is 0.252 e. The van der Waals surface area contributed by atoms with Gasteiger partial charge in [-0.3, -0.25) is 9.78 Å². The lowest BCUT2D eigenvalue weighted by atomic mass is 10.1. The number of rotatable bonds is 6. The van der Waals surface area contributed by atoms with Crippen molar-refractivity contribution in [3.8, 4) is 17.0 Å². The number of hydrogen-bond acceptors (Lipinski definition) is 7. The predicted molar refractivity (Wildman–Crippen MR) is 118 cm³/mol. The summed E-state index contributed by atoms with van der Waals surface area (Å²) >= 11 is 0. The molecule has 0 amide bonds. The average Bonchev–Trinajstić information content (AvgIpc) is 2.75. The average molecular weight is 406 g/mol.